The zero-order valence-corrected chi connectivity index (χ0v) is 20.6. The van der Waals surface area contributed by atoms with Crippen LogP contribution in [0.3, 0.4) is 0 Å². The number of nitrogens with zero attached hydrogens (tertiary/aromatic N) is 4. The molecule has 1 atom stereocenters. The monoisotopic (exact) mass is 496 g/mol. The van der Waals surface area contributed by atoms with Gasteiger partial charge in [0.1, 0.15) is 0 Å². The molecule has 2 fully saturated rings. The SMILES string of the molecule is CN1C(C)(C)CC(Nc2nc(Nc3ccc(N4CCOCC4)c(C(F)(F)F)c3)ncc2F)C1(C)C. The number of morpholine rings is 1. The van der Waals surface area contributed by atoms with Crippen LogP contribution in [0.5, 0.6) is 0 Å². The maximum Gasteiger partial charge on any atom is 0.418 e. The summed E-state index contributed by atoms with van der Waals surface area (Å²) in [5.74, 6) is -0.616. The number of alkyl halides is 3. The van der Waals surface area contributed by atoms with Gasteiger partial charge in [0.25, 0.3) is 0 Å². The first-order valence-electron chi connectivity index (χ1n) is 11.6. The molecule has 0 spiro atoms. The third kappa shape index (κ3) is 5.16. The molecule has 2 aromatic rings. The van der Waals surface area contributed by atoms with E-state index < -0.39 is 17.6 Å². The van der Waals surface area contributed by atoms with Crippen molar-refractivity contribution < 1.29 is 22.3 Å². The Kier molecular flexibility index (Phi) is 6.60. The zero-order chi connectivity index (χ0) is 25.6. The molecule has 0 amide bonds. The lowest BCUT2D eigenvalue weighted by molar-refractivity contribution is -0.137. The summed E-state index contributed by atoms with van der Waals surface area (Å²) in [5, 5.41) is 6.00. The van der Waals surface area contributed by atoms with Crippen molar-refractivity contribution in [1.29, 1.82) is 0 Å². The van der Waals surface area contributed by atoms with Crippen molar-refractivity contribution in [2.45, 2.75) is 57.4 Å². The van der Waals surface area contributed by atoms with Gasteiger partial charge in [0.05, 0.1) is 25.0 Å². The van der Waals surface area contributed by atoms with Gasteiger partial charge in [0.2, 0.25) is 5.95 Å². The van der Waals surface area contributed by atoms with Crippen molar-refractivity contribution in [3.63, 3.8) is 0 Å². The quantitative estimate of drug-likeness (QED) is 0.572. The van der Waals surface area contributed by atoms with Crippen molar-refractivity contribution in [3.8, 4) is 0 Å². The normalized spacial score (nSPS) is 22.3. The summed E-state index contributed by atoms with van der Waals surface area (Å²) in [4.78, 5) is 12.1. The zero-order valence-electron chi connectivity index (χ0n) is 20.6. The maximum absolute atomic E-state index is 14.6. The van der Waals surface area contributed by atoms with E-state index in [1.165, 1.54) is 12.1 Å². The minimum Gasteiger partial charge on any atom is -0.378 e. The number of anilines is 4. The first-order valence-corrected chi connectivity index (χ1v) is 11.6. The van der Waals surface area contributed by atoms with Gasteiger partial charge in [-0.05, 0) is 59.4 Å². The number of benzene rings is 1. The number of aromatic nitrogens is 2. The van der Waals surface area contributed by atoms with E-state index in [4.69, 9.17) is 4.74 Å². The molecule has 11 heteroatoms. The van der Waals surface area contributed by atoms with Crippen LogP contribution in [0.25, 0.3) is 0 Å². The third-order valence-corrected chi connectivity index (χ3v) is 7.29. The average Bonchev–Trinajstić information content (AvgIpc) is 2.94. The van der Waals surface area contributed by atoms with Crippen molar-refractivity contribution >= 4 is 23.1 Å². The standard InChI is InChI=1S/C24H32F4N6O/c1-22(2)13-19(23(3,4)33(22)5)31-20-17(25)14-29-21(32-20)30-15-6-7-18(16(12-15)24(26,27)28)34-8-10-35-11-9-34/h6-7,12,14,19H,8-11,13H2,1-5H3,(H2,29,30,31,32). The summed E-state index contributed by atoms with van der Waals surface area (Å²) in [6.07, 6.45) is -2.77. The number of nitrogens with one attached hydrogen (secondary N) is 2. The van der Waals surface area contributed by atoms with Crippen molar-refractivity contribution in [1.82, 2.24) is 14.9 Å². The molecule has 35 heavy (non-hydrogen) atoms. The van der Waals surface area contributed by atoms with Gasteiger partial charge >= 0.3 is 6.18 Å². The smallest absolute Gasteiger partial charge is 0.378 e. The van der Waals surface area contributed by atoms with Crippen LogP contribution in [0.15, 0.2) is 24.4 Å². The molecule has 2 aliphatic rings. The number of hydrogen-bond donors (Lipinski definition) is 2. The van der Waals surface area contributed by atoms with E-state index in [2.05, 4.69) is 53.2 Å². The number of likely N-dealkylation sites (tertiary alicyclic amines) is 1. The Balaban J connectivity index is 1.58. The summed E-state index contributed by atoms with van der Waals surface area (Å²) in [5.41, 5.74) is -0.867. The van der Waals surface area contributed by atoms with E-state index in [1.807, 2.05) is 7.05 Å². The lowest BCUT2D eigenvalue weighted by atomic mass is 9.94. The Morgan fingerprint density at radius 2 is 1.80 bits per heavy atom. The molecule has 7 nitrogen and oxygen atoms in total. The number of halogens is 4. The summed E-state index contributed by atoms with van der Waals surface area (Å²) >= 11 is 0. The Labute approximate surface area is 202 Å². The van der Waals surface area contributed by atoms with Crippen LogP contribution in [0.2, 0.25) is 0 Å². The largest absolute Gasteiger partial charge is 0.418 e. The Morgan fingerprint density at radius 3 is 2.40 bits per heavy atom. The first kappa shape index (κ1) is 25.4. The fraction of sp³-hybridized carbons (Fsp3) is 0.583. The van der Waals surface area contributed by atoms with Crippen LogP contribution < -0.4 is 15.5 Å². The van der Waals surface area contributed by atoms with Crippen molar-refractivity contribution in [2.75, 3.05) is 48.9 Å². The summed E-state index contributed by atoms with van der Waals surface area (Å²) in [6, 6.07) is 3.90. The summed E-state index contributed by atoms with van der Waals surface area (Å²) < 4.78 is 61.4. The van der Waals surface area contributed by atoms with Crippen LogP contribution in [-0.4, -0.2) is 65.3 Å². The van der Waals surface area contributed by atoms with E-state index in [-0.39, 0.29) is 40.3 Å². The van der Waals surface area contributed by atoms with Gasteiger partial charge in [-0.1, -0.05) is 0 Å². The molecule has 0 saturated carbocycles. The molecular weight excluding hydrogens is 464 g/mol. The highest BCUT2D eigenvalue weighted by Gasteiger charge is 2.49. The molecular formula is C24H32F4N6O. The van der Waals surface area contributed by atoms with E-state index >= 15 is 0 Å². The van der Waals surface area contributed by atoms with Crippen molar-refractivity contribution in [2.24, 2.45) is 0 Å². The molecule has 3 heterocycles. The predicted octanol–water partition coefficient (Wildman–Crippen LogP) is 4.89. The molecule has 0 radical (unpaired) electrons. The molecule has 1 unspecified atom stereocenters. The molecule has 4 rings (SSSR count). The van der Waals surface area contributed by atoms with Gasteiger partial charge in [-0.3, -0.25) is 4.90 Å². The van der Waals surface area contributed by atoms with Crippen LogP contribution >= 0.6 is 0 Å². The second kappa shape index (κ2) is 9.09. The van der Waals surface area contributed by atoms with Crippen LogP contribution in [-0.2, 0) is 10.9 Å². The molecule has 0 bridgehead atoms. The lowest BCUT2D eigenvalue weighted by Crippen LogP contribution is -2.49. The Morgan fingerprint density at radius 1 is 1.11 bits per heavy atom. The minimum absolute atomic E-state index is 0.00423. The maximum atomic E-state index is 14.6. The molecule has 2 aliphatic heterocycles. The fourth-order valence-corrected chi connectivity index (χ4v) is 4.87. The van der Waals surface area contributed by atoms with E-state index in [0.717, 1.165) is 18.7 Å². The van der Waals surface area contributed by atoms with Crippen LogP contribution in [0.4, 0.5) is 40.7 Å². The number of rotatable bonds is 5. The molecule has 2 saturated heterocycles. The third-order valence-electron chi connectivity index (χ3n) is 7.29. The second-order valence-electron chi connectivity index (χ2n) is 10.3. The highest BCUT2D eigenvalue weighted by Crippen LogP contribution is 2.41. The highest BCUT2D eigenvalue weighted by atomic mass is 19.4. The van der Waals surface area contributed by atoms with Crippen molar-refractivity contribution in [3.05, 3.63) is 35.8 Å². The number of ether oxygens (including phenoxy) is 1. The lowest BCUT2D eigenvalue weighted by Gasteiger charge is -2.38. The van der Waals surface area contributed by atoms with Crippen LogP contribution in [0.1, 0.15) is 39.7 Å². The molecule has 0 aliphatic carbocycles. The summed E-state index contributed by atoms with van der Waals surface area (Å²) in [6.45, 7) is 9.92. The fourth-order valence-electron chi connectivity index (χ4n) is 4.87. The summed E-state index contributed by atoms with van der Waals surface area (Å²) in [7, 11) is 2.03. The van der Waals surface area contributed by atoms with Gasteiger partial charge in [-0.2, -0.15) is 18.2 Å². The minimum atomic E-state index is -4.55. The van der Waals surface area contributed by atoms with Gasteiger partial charge in [-0.25, -0.2) is 9.37 Å². The average molecular weight is 497 g/mol. The van der Waals surface area contributed by atoms with E-state index in [1.54, 1.807) is 4.90 Å². The van der Waals surface area contributed by atoms with Gasteiger partial charge in [-0.15, -0.1) is 0 Å². The van der Waals surface area contributed by atoms with Gasteiger partial charge in [0.15, 0.2) is 11.6 Å². The molecule has 2 N–H and O–H groups in total. The Hall–Kier alpha value is -2.66. The molecule has 1 aromatic carbocycles. The number of likely N-dealkylation sites (N-methyl/N-ethyl adjacent to an activating group) is 1. The first-order chi connectivity index (χ1) is 16.3. The molecule has 1 aromatic heterocycles. The van der Waals surface area contributed by atoms with E-state index in [9.17, 15) is 17.6 Å². The van der Waals surface area contributed by atoms with Gasteiger partial charge < -0.3 is 20.3 Å². The van der Waals surface area contributed by atoms with Gasteiger partial charge in [0, 0.05) is 41.6 Å². The van der Waals surface area contributed by atoms with E-state index in [0.29, 0.717) is 26.3 Å². The topological polar surface area (TPSA) is 65.5 Å². The predicted molar refractivity (Wildman–Crippen MR) is 128 cm³/mol. The molecule has 192 valence electrons. The Bertz CT molecular complexity index is 1070. The van der Waals surface area contributed by atoms with Crippen LogP contribution in [0, 0.1) is 5.82 Å². The highest BCUT2D eigenvalue weighted by molar-refractivity contribution is 5.65. The number of hydrogen-bond acceptors (Lipinski definition) is 7. The second-order valence-corrected chi connectivity index (χ2v) is 10.3.